The summed E-state index contributed by atoms with van der Waals surface area (Å²) in [6, 6.07) is 16.3. The molecule has 0 amide bonds. The van der Waals surface area contributed by atoms with Crippen molar-refractivity contribution in [3.8, 4) is 0 Å². The van der Waals surface area contributed by atoms with Gasteiger partial charge in [0.05, 0.1) is 22.5 Å². The minimum atomic E-state index is -0.928. The fraction of sp³-hybridized carbons (Fsp3) is 0.160. The third-order valence-electron chi connectivity index (χ3n) is 5.95. The van der Waals surface area contributed by atoms with Gasteiger partial charge in [-0.2, -0.15) is 5.10 Å². The van der Waals surface area contributed by atoms with E-state index in [0.717, 1.165) is 39.1 Å². The van der Waals surface area contributed by atoms with Crippen LogP contribution >= 0.6 is 0 Å². The topological polar surface area (TPSA) is 71.2 Å². The summed E-state index contributed by atoms with van der Waals surface area (Å²) >= 11 is 0. The number of allylic oxidation sites excluding steroid dienone is 1. The average Bonchev–Trinajstić information content (AvgIpc) is 3.34. The van der Waals surface area contributed by atoms with Crippen LogP contribution < -0.4 is 4.90 Å². The van der Waals surface area contributed by atoms with Gasteiger partial charge in [0.2, 0.25) is 0 Å². The van der Waals surface area contributed by atoms with Crippen LogP contribution in [0.2, 0.25) is 0 Å². The van der Waals surface area contributed by atoms with Gasteiger partial charge in [-0.15, -0.1) is 0 Å². The van der Waals surface area contributed by atoms with Crippen molar-refractivity contribution < 1.29 is 9.90 Å². The van der Waals surface area contributed by atoms with Gasteiger partial charge < -0.3 is 10.0 Å². The molecule has 6 heteroatoms. The molecule has 1 aliphatic rings. The zero-order chi connectivity index (χ0) is 21.7. The van der Waals surface area contributed by atoms with E-state index < -0.39 is 5.97 Å². The van der Waals surface area contributed by atoms with Crippen LogP contribution in [-0.4, -0.2) is 32.9 Å². The predicted molar refractivity (Wildman–Crippen MR) is 123 cm³/mol. The normalized spacial score (nSPS) is 12.7. The molecule has 0 saturated heterocycles. The van der Waals surface area contributed by atoms with Gasteiger partial charge in [0.15, 0.2) is 0 Å². The van der Waals surface area contributed by atoms with Crippen LogP contribution in [-0.2, 0) is 13.5 Å². The summed E-state index contributed by atoms with van der Waals surface area (Å²) < 4.78 is 1.88. The third-order valence-corrected chi connectivity index (χ3v) is 5.95. The maximum atomic E-state index is 11.6. The molecule has 0 atom stereocenters. The summed E-state index contributed by atoms with van der Waals surface area (Å²) in [6.45, 7) is 2.08. The highest BCUT2D eigenvalue weighted by Crippen LogP contribution is 2.36. The summed E-state index contributed by atoms with van der Waals surface area (Å²) in [4.78, 5) is 18.1. The minimum Gasteiger partial charge on any atom is -0.478 e. The molecule has 0 radical (unpaired) electrons. The number of rotatable bonds is 4. The Bertz CT molecular complexity index is 1370. The number of carboxylic acid groups (broad SMARTS) is 1. The fourth-order valence-electron chi connectivity index (χ4n) is 4.19. The van der Waals surface area contributed by atoms with E-state index in [2.05, 4.69) is 66.3 Å². The van der Waals surface area contributed by atoms with Crippen LogP contribution in [0.3, 0.4) is 0 Å². The first-order valence-electron chi connectivity index (χ1n) is 10.1. The summed E-state index contributed by atoms with van der Waals surface area (Å²) in [6.07, 6.45) is 4.02. The number of aromatic nitrogens is 3. The first kappa shape index (κ1) is 19.1. The van der Waals surface area contributed by atoms with Crippen LogP contribution in [0, 0.1) is 6.92 Å². The van der Waals surface area contributed by atoms with Crippen molar-refractivity contribution in [3.63, 3.8) is 0 Å². The summed E-state index contributed by atoms with van der Waals surface area (Å²) in [5, 5.41) is 15.3. The molecule has 5 rings (SSSR count). The van der Waals surface area contributed by atoms with Crippen LogP contribution in [0.4, 0.5) is 11.4 Å². The maximum Gasteiger partial charge on any atom is 0.336 e. The van der Waals surface area contributed by atoms with E-state index in [-0.39, 0.29) is 0 Å². The smallest absolute Gasteiger partial charge is 0.336 e. The number of carbonyl (C=O) groups is 1. The van der Waals surface area contributed by atoms with Crippen molar-refractivity contribution in [2.45, 2.75) is 13.3 Å². The van der Waals surface area contributed by atoms with Crippen molar-refractivity contribution in [1.29, 1.82) is 0 Å². The van der Waals surface area contributed by atoms with Gasteiger partial charge in [0, 0.05) is 43.5 Å². The zero-order valence-corrected chi connectivity index (χ0v) is 17.6. The van der Waals surface area contributed by atoms with E-state index in [4.69, 9.17) is 5.10 Å². The number of nitrogens with zero attached hydrogens (tertiary/aromatic N) is 4. The summed E-state index contributed by atoms with van der Waals surface area (Å²) in [7, 11) is 3.99. The molecule has 0 fully saturated rings. The Labute approximate surface area is 180 Å². The standard InChI is InChI=1S/C25H22N4O2/c1-15-4-6-17(7-5-15)28(2)18-8-9-20-23(14-18)29(3)27-24(20)16-12-21-19(25(30)31)10-11-26-22(21)13-16/h4-11,13-14H,12H2,1-3H3,(H,30,31). The van der Waals surface area contributed by atoms with Crippen molar-refractivity contribution in [2.24, 2.45) is 7.05 Å². The quantitative estimate of drug-likeness (QED) is 0.521. The minimum absolute atomic E-state index is 0.304. The van der Waals surface area contributed by atoms with E-state index in [9.17, 15) is 9.90 Å². The molecule has 2 aromatic carbocycles. The van der Waals surface area contributed by atoms with Gasteiger partial charge in [0.25, 0.3) is 0 Å². The molecule has 31 heavy (non-hydrogen) atoms. The lowest BCUT2D eigenvalue weighted by Crippen LogP contribution is -2.09. The number of hydrogen-bond acceptors (Lipinski definition) is 4. The molecule has 0 saturated carbocycles. The first-order valence-corrected chi connectivity index (χ1v) is 10.1. The van der Waals surface area contributed by atoms with Crippen molar-refractivity contribution in [2.75, 3.05) is 11.9 Å². The highest BCUT2D eigenvalue weighted by atomic mass is 16.4. The lowest BCUT2D eigenvalue weighted by Gasteiger charge is -2.20. The fourth-order valence-corrected chi connectivity index (χ4v) is 4.19. The Kier molecular flexibility index (Phi) is 4.36. The molecule has 0 aliphatic heterocycles. The van der Waals surface area contributed by atoms with Crippen LogP contribution in [0.15, 0.2) is 54.7 Å². The predicted octanol–water partition coefficient (Wildman–Crippen LogP) is 4.84. The molecule has 2 heterocycles. The van der Waals surface area contributed by atoms with E-state index in [1.165, 1.54) is 5.56 Å². The second-order valence-corrected chi connectivity index (χ2v) is 7.94. The second kappa shape index (κ2) is 7.09. The molecule has 154 valence electrons. The van der Waals surface area contributed by atoms with Crippen molar-refractivity contribution >= 4 is 39.9 Å². The lowest BCUT2D eigenvalue weighted by atomic mass is 10.0. The highest BCUT2D eigenvalue weighted by Gasteiger charge is 2.24. The van der Waals surface area contributed by atoms with E-state index in [0.29, 0.717) is 17.7 Å². The molecule has 0 bridgehead atoms. The number of aryl methyl sites for hydroxylation is 2. The largest absolute Gasteiger partial charge is 0.478 e. The van der Waals surface area contributed by atoms with Gasteiger partial charge in [-0.1, -0.05) is 17.7 Å². The molecule has 6 nitrogen and oxygen atoms in total. The molecule has 0 unspecified atom stereocenters. The van der Waals surface area contributed by atoms with Gasteiger partial charge in [-0.25, -0.2) is 4.79 Å². The van der Waals surface area contributed by atoms with Crippen LogP contribution in [0.25, 0.3) is 22.6 Å². The Balaban J connectivity index is 1.53. The Morgan fingerprint density at radius 2 is 1.84 bits per heavy atom. The second-order valence-electron chi connectivity index (χ2n) is 7.94. The van der Waals surface area contributed by atoms with E-state index >= 15 is 0 Å². The van der Waals surface area contributed by atoms with E-state index in [1.54, 1.807) is 12.3 Å². The lowest BCUT2D eigenvalue weighted by molar-refractivity contribution is 0.0695. The Hall–Kier alpha value is -3.93. The third kappa shape index (κ3) is 3.17. The number of aromatic carboxylic acids is 1. The van der Waals surface area contributed by atoms with Gasteiger partial charge in [-0.3, -0.25) is 9.67 Å². The number of fused-ring (bicyclic) bond motifs is 2. The number of hydrogen-bond donors (Lipinski definition) is 1. The Morgan fingerprint density at radius 1 is 1.10 bits per heavy atom. The van der Waals surface area contributed by atoms with Gasteiger partial charge >= 0.3 is 5.97 Å². The Morgan fingerprint density at radius 3 is 2.58 bits per heavy atom. The molecule has 1 aliphatic carbocycles. The molecule has 4 aromatic rings. The van der Waals surface area contributed by atoms with Crippen LogP contribution in [0.5, 0.6) is 0 Å². The van der Waals surface area contributed by atoms with Crippen molar-refractivity contribution in [1.82, 2.24) is 14.8 Å². The number of benzene rings is 2. The molecule has 0 spiro atoms. The van der Waals surface area contributed by atoms with Crippen LogP contribution in [0.1, 0.15) is 32.9 Å². The monoisotopic (exact) mass is 410 g/mol. The zero-order valence-electron chi connectivity index (χ0n) is 17.6. The number of anilines is 2. The summed E-state index contributed by atoms with van der Waals surface area (Å²) in [5.41, 5.74) is 8.07. The first-order chi connectivity index (χ1) is 14.9. The van der Waals surface area contributed by atoms with Gasteiger partial charge in [-0.05, 0) is 60.5 Å². The summed E-state index contributed by atoms with van der Waals surface area (Å²) in [5.74, 6) is -0.928. The van der Waals surface area contributed by atoms with E-state index in [1.807, 2.05) is 17.8 Å². The molecular weight excluding hydrogens is 388 g/mol. The SMILES string of the molecule is Cc1ccc(N(C)c2ccc3c(C4=Cc5nccc(C(=O)O)c5C4)nn(C)c3c2)cc1. The molecule has 2 aromatic heterocycles. The molecular formula is C25H22N4O2. The maximum absolute atomic E-state index is 11.6. The van der Waals surface area contributed by atoms with Gasteiger partial charge in [0.1, 0.15) is 0 Å². The average molecular weight is 410 g/mol. The number of carboxylic acids is 1. The molecule has 1 N–H and O–H groups in total. The van der Waals surface area contributed by atoms with Crippen molar-refractivity contribution in [3.05, 3.63) is 82.8 Å². The number of pyridine rings is 1. The highest BCUT2D eigenvalue weighted by molar-refractivity contribution is 6.01.